The fourth-order valence-corrected chi connectivity index (χ4v) is 5.14. The van der Waals surface area contributed by atoms with Crippen LogP contribution in [-0.2, 0) is 19.6 Å². The van der Waals surface area contributed by atoms with E-state index in [0.717, 1.165) is 0 Å². The van der Waals surface area contributed by atoms with Gasteiger partial charge in [0.2, 0.25) is 15.9 Å². The number of aliphatic hydroxyl groups is 2. The van der Waals surface area contributed by atoms with Crippen molar-refractivity contribution < 1.29 is 32.9 Å². The predicted octanol–water partition coefficient (Wildman–Crippen LogP) is 0.292. The topological polar surface area (TPSA) is 117 Å². The van der Waals surface area contributed by atoms with Gasteiger partial charge in [-0.3, -0.25) is 4.79 Å². The molecule has 0 saturated carbocycles. The molecule has 0 aromatic heterocycles. The van der Waals surface area contributed by atoms with Gasteiger partial charge in [-0.05, 0) is 32.0 Å². The van der Waals surface area contributed by atoms with Gasteiger partial charge in [0.15, 0.2) is 0 Å². The third-order valence-corrected chi connectivity index (χ3v) is 7.26. The first-order chi connectivity index (χ1) is 15.0. The highest BCUT2D eigenvalue weighted by molar-refractivity contribution is 7.89. The maximum absolute atomic E-state index is 13.4. The van der Waals surface area contributed by atoms with Gasteiger partial charge in [-0.15, -0.1) is 0 Å². The molecule has 2 rings (SSSR count). The summed E-state index contributed by atoms with van der Waals surface area (Å²) in [6, 6.07) is 3.84. The van der Waals surface area contributed by atoms with Crippen LogP contribution in [0, 0.1) is 17.8 Å². The fraction of sp³-hybridized carbons (Fsp3) is 0.591. The summed E-state index contributed by atoms with van der Waals surface area (Å²) in [4.78, 5) is 13.7. The number of likely N-dealkylation sites (N-methyl/N-ethyl adjacent to an activating group) is 1. The first kappa shape index (κ1) is 26.1. The first-order valence-electron chi connectivity index (χ1n) is 10.4. The van der Waals surface area contributed by atoms with Crippen molar-refractivity contribution in [3.63, 3.8) is 0 Å². The molecule has 32 heavy (non-hydrogen) atoms. The summed E-state index contributed by atoms with van der Waals surface area (Å²) in [6.45, 7) is 4.93. The van der Waals surface area contributed by atoms with Crippen LogP contribution in [-0.4, -0.2) is 92.5 Å². The summed E-state index contributed by atoms with van der Waals surface area (Å²) >= 11 is 0. The van der Waals surface area contributed by atoms with Crippen molar-refractivity contribution in [3.8, 4) is 17.6 Å². The molecule has 1 aliphatic heterocycles. The molecule has 4 atom stereocenters. The highest BCUT2D eigenvalue weighted by Gasteiger charge is 2.38. The standard InChI is InChI=1S/C22H32N2O7S/c1-15-11-24(16(2)13-25)32(28,29)21-9-8-18(7-6-17(3)26)10-19(21)31-20(15)12-23(4)22(27)14-30-5/h8-10,15-17,20,25-26H,11-14H2,1-5H3/t15-,16-,17+,20+/m0/s1. The Balaban J connectivity index is 2.55. The van der Waals surface area contributed by atoms with Crippen molar-refractivity contribution in [2.24, 2.45) is 5.92 Å². The van der Waals surface area contributed by atoms with Gasteiger partial charge in [-0.2, -0.15) is 4.31 Å². The number of fused-ring (bicyclic) bond motifs is 1. The number of nitrogens with zero attached hydrogens (tertiary/aromatic N) is 2. The van der Waals surface area contributed by atoms with Gasteiger partial charge in [0.1, 0.15) is 29.5 Å². The van der Waals surface area contributed by atoms with Crippen LogP contribution in [0.4, 0.5) is 0 Å². The smallest absolute Gasteiger partial charge is 0.248 e. The zero-order valence-electron chi connectivity index (χ0n) is 19.1. The molecule has 9 nitrogen and oxygen atoms in total. The number of hydrogen-bond donors (Lipinski definition) is 2. The van der Waals surface area contributed by atoms with Gasteiger partial charge < -0.3 is 24.6 Å². The molecule has 0 saturated heterocycles. The van der Waals surface area contributed by atoms with Crippen LogP contribution in [0.5, 0.6) is 5.75 Å². The molecule has 1 amide bonds. The number of carbonyl (C=O) groups excluding carboxylic acids is 1. The molecule has 0 spiro atoms. The summed E-state index contributed by atoms with van der Waals surface area (Å²) in [6.07, 6.45) is -1.36. The molecule has 2 N–H and O–H groups in total. The van der Waals surface area contributed by atoms with Crippen LogP contribution >= 0.6 is 0 Å². The van der Waals surface area contributed by atoms with Crippen molar-refractivity contribution >= 4 is 15.9 Å². The van der Waals surface area contributed by atoms with E-state index in [1.54, 1.807) is 20.0 Å². The lowest BCUT2D eigenvalue weighted by Gasteiger charge is -2.37. The van der Waals surface area contributed by atoms with E-state index in [-0.39, 0.29) is 48.8 Å². The Morgan fingerprint density at radius 3 is 2.69 bits per heavy atom. The SMILES string of the molecule is COCC(=O)N(C)C[C@H]1Oc2cc(C#C[C@@H](C)O)ccc2S(=O)(=O)N([C@@H](C)CO)C[C@@H]1C. The largest absolute Gasteiger partial charge is 0.487 e. The molecule has 10 heteroatoms. The Hall–Kier alpha value is -2.16. The fourth-order valence-electron chi connectivity index (χ4n) is 3.31. The molecular weight excluding hydrogens is 436 g/mol. The van der Waals surface area contributed by atoms with E-state index in [1.807, 2.05) is 6.92 Å². The van der Waals surface area contributed by atoms with Gasteiger partial charge in [0.05, 0.1) is 13.2 Å². The van der Waals surface area contributed by atoms with Gasteiger partial charge >= 0.3 is 0 Å². The zero-order valence-corrected chi connectivity index (χ0v) is 19.9. The molecule has 0 bridgehead atoms. The quantitative estimate of drug-likeness (QED) is 0.577. The molecule has 1 heterocycles. The van der Waals surface area contributed by atoms with Crippen LogP contribution < -0.4 is 4.74 Å². The van der Waals surface area contributed by atoms with Crippen LogP contribution in [0.2, 0.25) is 0 Å². The van der Waals surface area contributed by atoms with Gasteiger partial charge in [0, 0.05) is 38.2 Å². The van der Waals surface area contributed by atoms with Crippen molar-refractivity contribution in [1.29, 1.82) is 0 Å². The number of aliphatic hydroxyl groups excluding tert-OH is 2. The third kappa shape index (κ3) is 6.21. The molecule has 0 aliphatic carbocycles. The van der Waals surface area contributed by atoms with E-state index >= 15 is 0 Å². The van der Waals surface area contributed by atoms with Crippen molar-refractivity contribution in [2.45, 2.75) is 43.9 Å². The van der Waals surface area contributed by atoms with Crippen LogP contribution in [0.15, 0.2) is 23.1 Å². The van der Waals surface area contributed by atoms with Crippen molar-refractivity contribution in [1.82, 2.24) is 9.21 Å². The van der Waals surface area contributed by atoms with E-state index < -0.39 is 28.3 Å². The minimum absolute atomic E-state index is 0.0387. The number of amides is 1. The Morgan fingerprint density at radius 1 is 1.41 bits per heavy atom. The normalized spacial score (nSPS) is 22.2. The minimum Gasteiger partial charge on any atom is -0.487 e. The molecule has 0 unspecified atom stereocenters. The Labute approximate surface area is 190 Å². The Morgan fingerprint density at radius 2 is 2.09 bits per heavy atom. The average molecular weight is 469 g/mol. The van der Waals surface area contributed by atoms with Gasteiger partial charge in [-0.1, -0.05) is 18.8 Å². The molecule has 0 fully saturated rings. The number of ether oxygens (including phenoxy) is 2. The molecular formula is C22H32N2O7S. The molecule has 1 aromatic rings. The lowest BCUT2D eigenvalue weighted by molar-refractivity contribution is -0.135. The second kappa shape index (κ2) is 11.1. The van der Waals surface area contributed by atoms with Gasteiger partial charge in [0.25, 0.3) is 0 Å². The minimum atomic E-state index is -3.96. The van der Waals surface area contributed by atoms with E-state index in [4.69, 9.17) is 9.47 Å². The summed E-state index contributed by atoms with van der Waals surface area (Å²) in [5.74, 6) is 5.01. The van der Waals surface area contributed by atoms with E-state index in [1.165, 1.54) is 35.4 Å². The second-order valence-electron chi connectivity index (χ2n) is 8.05. The molecule has 1 aliphatic rings. The number of hydrogen-bond acceptors (Lipinski definition) is 7. The van der Waals surface area contributed by atoms with Crippen LogP contribution in [0.3, 0.4) is 0 Å². The number of rotatable bonds is 6. The van der Waals surface area contributed by atoms with Crippen LogP contribution in [0.25, 0.3) is 0 Å². The highest BCUT2D eigenvalue weighted by atomic mass is 32.2. The number of methoxy groups -OCH3 is 1. The van der Waals surface area contributed by atoms with E-state index in [2.05, 4.69) is 11.8 Å². The predicted molar refractivity (Wildman–Crippen MR) is 119 cm³/mol. The summed E-state index contributed by atoms with van der Waals surface area (Å²) < 4.78 is 39.1. The van der Waals surface area contributed by atoms with E-state index in [9.17, 15) is 23.4 Å². The van der Waals surface area contributed by atoms with Crippen molar-refractivity contribution in [2.75, 3.05) is 40.5 Å². The molecule has 178 valence electrons. The number of carbonyl (C=O) groups is 1. The monoisotopic (exact) mass is 468 g/mol. The van der Waals surface area contributed by atoms with Gasteiger partial charge in [-0.25, -0.2) is 8.42 Å². The lowest BCUT2D eigenvalue weighted by atomic mass is 10.0. The number of sulfonamides is 1. The lowest BCUT2D eigenvalue weighted by Crippen LogP contribution is -2.50. The zero-order chi connectivity index (χ0) is 24.1. The third-order valence-electron chi connectivity index (χ3n) is 5.24. The molecule has 0 radical (unpaired) electrons. The Bertz CT molecular complexity index is 968. The first-order valence-corrected chi connectivity index (χ1v) is 11.8. The second-order valence-corrected chi connectivity index (χ2v) is 9.91. The summed E-state index contributed by atoms with van der Waals surface area (Å²) in [5.41, 5.74) is 0.484. The molecule has 1 aromatic carbocycles. The maximum Gasteiger partial charge on any atom is 0.248 e. The summed E-state index contributed by atoms with van der Waals surface area (Å²) in [7, 11) is -0.894. The average Bonchev–Trinajstić information content (AvgIpc) is 2.74. The van der Waals surface area contributed by atoms with E-state index in [0.29, 0.717) is 5.56 Å². The highest BCUT2D eigenvalue weighted by Crippen LogP contribution is 2.34. The number of benzene rings is 1. The van der Waals surface area contributed by atoms with Crippen LogP contribution in [0.1, 0.15) is 26.3 Å². The summed E-state index contributed by atoms with van der Waals surface area (Å²) in [5, 5.41) is 19.1. The van der Waals surface area contributed by atoms with Crippen molar-refractivity contribution in [3.05, 3.63) is 23.8 Å². The maximum atomic E-state index is 13.4. The Kier molecular flexibility index (Phi) is 9.07.